The Kier molecular flexibility index (Phi) is 5.21. The quantitative estimate of drug-likeness (QED) is 0.890. The van der Waals surface area contributed by atoms with E-state index in [2.05, 4.69) is 21.0 Å². The zero-order valence-corrected chi connectivity index (χ0v) is 13.6. The molecule has 108 valence electrons. The van der Waals surface area contributed by atoms with Crippen LogP contribution < -0.4 is 0 Å². The Morgan fingerprint density at radius 2 is 2.25 bits per heavy atom. The zero-order valence-electron chi connectivity index (χ0n) is 11.3. The number of rotatable bonds is 5. The van der Waals surface area contributed by atoms with E-state index < -0.39 is 6.10 Å². The molecule has 1 atom stereocenters. The van der Waals surface area contributed by atoms with Crippen LogP contribution in [0.5, 0.6) is 0 Å². The number of aliphatic hydroxyl groups is 1. The Bertz CT molecular complexity index is 601. The van der Waals surface area contributed by atoms with Crippen molar-refractivity contribution in [3.8, 4) is 0 Å². The fraction of sp³-hybridized carbons (Fsp3) is 0.357. The van der Waals surface area contributed by atoms with E-state index in [0.29, 0.717) is 23.9 Å². The van der Waals surface area contributed by atoms with E-state index in [4.69, 9.17) is 16.3 Å². The summed E-state index contributed by atoms with van der Waals surface area (Å²) in [5.41, 5.74) is 2.43. The molecule has 2 rings (SSSR count). The minimum Gasteiger partial charge on any atom is -0.383 e. The van der Waals surface area contributed by atoms with E-state index in [-0.39, 0.29) is 0 Å². The van der Waals surface area contributed by atoms with Crippen LogP contribution in [0.4, 0.5) is 0 Å². The first-order valence-corrected chi connectivity index (χ1v) is 7.36. The molecule has 0 amide bonds. The summed E-state index contributed by atoms with van der Waals surface area (Å²) in [5, 5.41) is 15.2. The first kappa shape index (κ1) is 15.5. The molecule has 2 aromatic rings. The van der Waals surface area contributed by atoms with Gasteiger partial charge in [0.1, 0.15) is 6.10 Å². The molecule has 1 heterocycles. The lowest BCUT2D eigenvalue weighted by Gasteiger charge is -2.15. The number of aromatic nitrogens is 2. The highest BCUT2D eigenvalue weighted by molar-refractivity contribution is 9.10. The van der Waals surface area contributed by atoms with Crippen LogP contribution in [0.1, 0.15) is 22.9 Å². The Labute approximate surface area is 131 Å². The number of benzene rings is 1. The molecule has 0 aliphatic heterocycles. The lowest BCUT2D eigenvalue weighted by Crippen LogP contribution is -2.13. The molecule has 0 saturated heterocycles. The maximum Gasteiger partial charge on any atom is 0.122 e. The Morgan fingerprint density at radius 1 is 1.50 bits per heavy atom. The van der Waals surface area contributed by atoms with Crippen LogP contribution in [-0.4, -0.2) is 28.6 Å². The number of nitrogens with zero attached hydrogens (tertiary/aromatic N) is 2. The highest BCUT2D eigenvalue weighted by Crippen LogP contribution is 2.30. The molecule has 0 spiro atoms. The Morgan fingerprint density at radius 3 is 2.90 bits per heavy atom. The summed E-state index contributed by atoms with van der Waals surface area (Å²) in [7, 11) is 1.62. The van der Waals surface area contributed by atoms with Gasteiger partial charge in [-0.1, -0.05) is 39.7 Å². The van der Waals surface area contributed by atoms with Crippen molar-refractivity contribution in [2.45, 2.75) is 19.6 Å². The largest absolute Gasteiger partial charge is 0.383 e. The van der Waals surface area contributed by atoms with Crippen molar-refractivity contribution < 1.29 is 9.84 Å². The normalized spacial score (nSPS) is 12.7. The minimum atomic E-state index is -0.811. The number of hydrogen-bond acceptors (Lipinski definition) is 3. The highest BCUT2D eigenvalue weighted by Gasteiger charge is 2.20. The van der Waals surface area contributed by atoms with E-state index in [1.54, 1.807) is 18.0 Å². The van der Waals surface area contributed by atoms with Crippen molar-refractivity contribution in [3.63, 3.8) is 0 Å². The van der Waals surface area contributed by atoms with Crippen LogP contribution in [-0.2, 0) is 11.3 Å². The van der Waals surface area contributed by atoms with Gasteiger partial charge in [-0.15, -0.1) is 0 Å². The van der Waals surface area contributed by atoms with Gasteiger partial charge in [0.15, 0.2) is 0 Å². The average molecular weight is 360 g/mol. The summed E-state index contributed by atoms with van der Waals surface area (Å²) in [6, 6.07) is 5.71. The van der Waals surface area contributed by atoms with Crippen LogP contribution in [0.2, 0.25) is 5.02 Å². The summed E-state index contributed by atoms with van der Waals surface area (Å²) in [5.74, 6) is 0. The second-order valence-corrected chi connectivity index (χ2v) is 5.77. The molecule has 0 saturated carbocycles. The molecule has 0 aliphatic rings. The van der Waals surface area contributed by atoms with Crippen LogP contribution in [0, 0.1) is 6.92 Å². The van der Waals surface area contributed by atoms with Crippen LogP contribution in [0.15, 0.2) is 28.9 Å². The summed E-state index contributed by atoms with van der Waals surface area (Å²) in [6.07, 6.45) is 0.732. The standard InChI is InChI=1S/C14H16BrClN2O2/c1-9-7-10(3-4-11(9)15)14(19)13-12(16)8-17-18(13)5-6-20-2/h3-4,7-8,14,19H,5-6H2,1-2H3. The lowest BCUT2D eigenvalue weighted by molar-refractivity contribution is 0.171. The second kappa shape index (κ2) is 6.72. The topological polar surface area (TPSA) is 47.3 Å². The number of ether oxygens (including phenoxy) is 1. The predicted octanol–water partition coefficient (Wildman–Crippen LogP) is 3.34. The molecule has 1 N–H and O–H groups in total. The van der Waals surface area contributed by atoms with Gasteiger partial charge in [0.05, 0.1) is 30.1 Å². The van der Waals surface area contributed by atoms with Crippen molar-refractivity contribution in [2.75, 3.05) is 13.7 Å². The molecule has 0 fully saturated rings. The van der Waals surface area contributed by atoms with Crippen LogP contribution >= 0.6 is 27.5 Å². The fourth-order valence-electron chi connectivity index (χ4n) is 2.00. The summed E-state index contributed by atoms with van der Waals surface area (Å²) >= 11 is 9.59. The maximum atomic E-state index is 10.6. The van der Waals surface area contributed by atoms with Gasteiger partial charge in [-0.25, -0.2) is 0 Å². The van der Waals surface area contributed by atoms with Crippen LogP contribution in [0.3, 0.4) is 0 Å². The molecule has 20 heavy (non-hydrogen) atoms. The van der Waals surface area contributed by atoms with Crippen molar-refractivity contribution in [2.24, 2.45) is 0 Å². The van der Waals surface area contributed by atoms with Gasteiger partial charge in [0.2, 0.25) is 0 Å². The maximum absolute atomic E-state index is 10.6. The Balaban J connectivity index is 2.34. The van der Waals surface area contributed by atoms with Crippen molar-refractivity contribution in [1.82, 2.24) is 9.78 Å². The third-order valence-electron chi connectivity index (χ3n) is 3.10. The number of methoxy groups -OCH3 is 1. The number of hydrogen-bond donors (Lipinski definition) is 1. The molecule has 0 radical (unpaired) electrons. The first-order chi connectivity index (χ1) is 9.54. The number of aliphatic hydroxyl groups excluding tert-OH is 1. The summed E-state index contributed by atoms with van der Waals surface area (Å²) in [4.78, 5) is 0. The lowest BCUT2D eigenvalue weighted by atomic mass is 10.0. The number of aryl methyl sites for hydroxylation is 1. The first-order valence-electron chi connectivity index (χ1n) is 6.19. The van der Waals surface area contributed by atoms with E-state index >= 15 is 0 Å². The molecule has 0 bridgehead atoms. The minimum absolute atomic E-state index is 0.453. The van der Waals surface area contributed by atoms with E-state index in [9.17, 15) is 5.11 Å². The van der Waals surface area contributed by atoms with Gasteiger partial charge in [0.25, 0.3) is 0 Å². The molecular weight excluding hydrogens is 344 g/mol. The van der Waals surface area contributed by atoms with Gasteiger partial charge in [0, 0.05) is 11.6 Å². The van der Waals surface area contributed by atoms with Crippen molar-refractivity contribution >= 4 is 27.5 Å². The summed E-state index contributed by atoms with van der Waals surface area (Å²) in [6.45, 7) is 3.03. The summed E-state index contributed by atoms with van der Waals surface area (Å²) < 4.78 is 7.72. The predicted molar refractivity (Wildman–Crippen MR) is 82.1 cm³/mol. The van der Waals surface area contributed by atoms with Gasteiger partial charge in [-0.05, 0) is 24.1 Å². The third kappa shape index (κ3) is 3.23. The van der Waals surface area contributed by atoms with Gasteiger partial charge in [-0.2, -0.15) is 5.10 Å². The molecule has 1 aromatic heterocycles. The molecule has 0 aliphatic carbocycles. The van der Waals surface area contributed by atoms with Gasteiger partial charge < -0.3 is 9.84 Å². The van der Waals surface area contributed by atoms with E-state index in [0.717, 1.165) is 15.6 Å². The fourth-order valence-corrected chi connectivity index (χ4v) is 2.49. The van der Waals surface area contributed by atoms with Gasteiger partial charge in [-0.3, -0.25) is 4.68 Å². The van der Waals surface area contributed by atoms with Crippen LogP contribution in [0.25, 0.3) is 0 Å². The van der Waals surface area contributed by atoms with E-state index in [1.807, 2.05) is 25.1 Å². The number of halogens is 2. The molecule has 4 nitrogen and oxygen atoms in total. The molecule has 1 unspecified atom stereocenters. The second-order valence-electron chi connectivity index (χ2n) is 4.50. The Hall–Kier alpha value is -0.880. The van der Waals surface area contributed by atoms with Crippen molar-refractivity contribution in [1.29, 1.82) is 0 Å². The highest BCUT2D eigenvalue weighted by atomic mass is 79.9. The average Bonchev–Trinajstić information content (AvgIpc) is 2.80. The van der Waals surface area contributed by atoms with Crippen molar-refractivity contribution in [3.05, 3.63) is 50.7 Å². The molecule has 1 aromatic carbocycles. The molecular formula is C14H16BrClN2O2. The smallest absolute Gasteiger partial charge is 0.122 e. The third-order valence-corrected chi connectivity index (χ3v) is 4.28. The SMILES string of the molecule is COCCn1ncc(Cl)c1C(O)c1ccc(Br)c(C)c1. The zero-order chi connectivity index (χ0) is 14.7. The monoisotopic (exact) mass is 358 g/mol. The molecule has 6 heteroatoms. The van der Waals surface area contributed by atoms with E-state index in [1.165, 1.54) is 0 Å². The van der Waals surface area contributed by atoms with Gasteiger partial charge >= 0.3 is 0 Å².